The van der Waals surface area contributed by atoms with E-state index in [1.54, 1.807) is 36.8 Å². The third kappa shape index (κ3) is 2.35. The van der Waals surface area contributed by atoms with Crippen LogP contribution in [0.2, 0.25) is 0 Å². The van der Waals surface area contributed by atoms with Gasteiger partial charge in [0.25, 0.3) is 0 Å². The lowest BCUT2D eigenvalue weighted by Gasteiger charge is -2.27. The first-order valence-corrected chi connectivity index (χ1v) is 8.70. The van der Waals surface area contributed by atoms with Crippen LogP contribution in [-0.4, -0.2) is 21.0 Å². The number of aromatic nitrogens is 3. The Hall–Kier alpha value is -3.52. The number of ether oxygens (including phenoxy) is 1. The zero-order valence-corrected chi connectivity index (χ0v) is 14.1. The Morgan fingerprint density at radius 2 is 2.00 bits per heavy atom. The normalized spacial score (nSPS) is 12.9. The second-order valence-electron chi connectivity index (χ2n) is 5.55. The summed E-state index contributed by atoms with van der Waals surface area (Å²) < 4.78 is 5.65. The van der Waals surface area contributed by atoms with Crippen LogP contribution in [0.4, 0.5) is 22.0 Å². The fourth-order valence-corrected chi connectivity index (χ4v) is 3.69. The molecule has 0 saturated heterocycles. The average Bonchev–Trinajstić information content (AvgIpc) is 3.08. The maximum Gasteiger partial charge on any atom is 0.332 e. The van der Waals surface area contributed by atoms with Gasteiger partial charge < -0.3 is 10.1 Å². The van der Waals surface area contributed by atoms with E-state index < -0.39 is 0 Å². The Morgan fingerprint density at radius 3 is 2.81 bits per heavy atom. The standard InChI is InChI=1S/C18H11N5O2S/c24-18-22-12-10-26-17-16(12)13(6-8-20-17)23(18)14-5-4-11(9-21-14)25-15-3-1-2-7-19-15/h1-10H,(H,22,24). The Balaban J connectivity index is 1.51. The number of pyridine rings is 3. The summed E-state index contributed by atoms with van der Waals surface area (Å²) >= 11 is 1.50. The van der Waals surface area contributed by atoms with Crippen LogP contribution in [0, 0.1) is 0 Å². The minimum atomic E-state index is -0.255. The molecule has 1 aliphatic heterocycles. The van der Waals surface area contributed by atoms with Gasteiger partial charge >= 0.3 is 6.03 Å². The van der Waals surface area contributed by atoms with Gasteiger partial charge in [0.15, 0.2) is 0 Å². The molecular weight excluding hydrogens is 350 g/mol. The van der Waals surface area contributed by atoms with Crippen molar-refractivity contribution in [2.75, 3.05) is 10.2 Å². The summed E-state index contributed by atoms with van der Waals surface area (Å²) in [5.41, 5.74) is 1.55. The number of amides is 2. The highest BCUT2D eigenvalue weighted by atomic mass is 32.1. The summed E-state index contributed by atoms with van der Waals surface area (Å²) in [6.45, 7) is 0. The number of nitrogens with zero attached hydrogens (tertiary/aromatic N) is 4. The van der Waals surface area contributed by atoms with Crippen molar-refractivity contribution in [1.82, 2.24) is 15.0 Å². The molecule has 5 rings (SSSR count). The maximum atomic E-state index is 12.6. The summed E-state index contributed by atoms with van der Waals surface area (Å²) in [6, 6.07) is 10.5. The molecule has 0 fully saturated rings. The lowest BCUT2D eigenvalue weighted by molar-refractivity contribution is 0.258. The van der Waals surface area contributed by atoms with Crippen molar-refractivity contribution in [3.8, 4) is 11.6 Å². The van der Waals surface area contributed by atoms with E-state index in [0.717, 1.165) is 21.6 Å². The molecule has 0 radical (unpaired) electrons. The van der Waals surface area contributed by atoms with Crippen molar-refractivity contribution in [3.05, 3.63) is 60.4 Å². The molecule has 26 heavy (non-hydrogen) atoms. The van der Waals surface area contributed by atoms with E-state index in [4.69, 9.17) is 4.74 Å². The van der Waals surface area contributed by atoms with Crippen molar-refractivity contribution >= 4 is 44.8 Å². The first-order valence-electron chi connectivity index (χ1n) is 7.82. The average molecular weight is 361 g/mol. The highest BCUT2D eigenvalue weighted by Crippen LogP contribution is 2.42. The maximum absolute atomic E-state index is 12.6. The van der Waals surface area contributed by atoms with Crippen molar-refractivity contribution in [2.24, 2.45) is 0 Å². The second-order valence-corrected chi connectivity index (χ2v) is 6.41. The minimum Gasteiger partial charge on any atom is -0.437 e. The lowest BCUT2D eigenvalue weighted by atomic mass is 10.2. The molecule has 1 N–H and O–H groups in total. The van der Waals surface area contributed by atoms with Gasteiger partial charge in [-0.05, 0) is 24.3 Å². The van der Waals surface area contributed by atoms with Crippen LogP contribution in [0.3, 0.4) is 0 Å². The highest BCUT2D eigenvalue weighted by molar-refractivity contribution is 7.17. The molecule has 126 valence electrons. The molecule has 0 aliphatic carbocycles. The smallest absolute Gasteiger partial charge is 0.332 e. The number of rotatable bonds is 3. The Kier molecular flexibility index (Phi) is 3.29. The predicted octanol–water partition coefficient (Wildman–Crippen LogP) is 4.56. The molecule has 1 aliphatic rings. The van der Waals surface area contributed by atoms with Crippen molar-refractivity contribution in [2.45, 2.75) is 0 Å². The molecule has 0 unspecified atom stereocenters. The van der Waals surface area contributed by atoms with E-state index >= 15 is 0 Å². The van der Waals surface area contributed by atoms with Crippen LogP contribution in [0.5, 0.6) is 11.6 Å². The summed E-state index contributed by atoms with van der Waals surface area (Å²) in [7, 11) is 0. The number of nitrogens with one attached hydrogen (secondary N) is 1. The number of hydrogen-bond acceptors (Lipinski definition) is 6. The topological polar surface area (TPSA) is 80.2 Å². The number of thiophene rings is 1. The third-order valence-electron chi connectivity index (χ3n) is 3.95. The van der Waals surface area contributed by atoms with Gasteiger partial charge in [0, 0.05) is 23.8 Å². The quantitative estimate of drug-likeness (QED) is 0.578. The van der Waals surface area contributed by atoms with E-state index in [0.29, 0.717) is 17.4 Å². The lowest BCUT2D eigenvalue weighted by Crippen LogP contribution is -2.34. The van der Waals surface area contributed by atoms with Gasteiger partial charge in [0.2, 0.25) is 5.88 Å². The van der Waals surface area contributed by atoms with E-state index in [2.05, 4.69) is 20.3 Å². The molecule has 0 aromatic carbocycles. The largest absolute Gasteiger partial charge is 0.437 e. The first-order chi connectivity index (χ1) is 12.8. The Bertz CT molecular complexity index is 1110. The van der Waals surface area contributed by atoms with Crippen LogP contribution < -0.4 is 15.0 Å². The molecule has 0 bridgehead atoms. The van der Waals surface area contributed by atoms with E-state index in [9.17, 15) is 4.79 Å². The van der Waals surface area contributed by atoms with Gasteiger partial charge in [-0.2, -0.15) is 0 Å². The van der Waals surface area contributed by atoms with Crippen LogP contribution >= 0.6 is 11.3 Å². The van der Waals surface area contributed by atoms with Crippen LogP contribution in [0.25, 0.3) is 10.2 Å². The number of hydrogen-bond donors (Lipinski definition) is 1. The van der Waals surface area contributed by atoms with Crippen LogP contribution in [-0.2, 0) is 0 Å². The van der Waals surface area contributed by atoms with Gasteiger partial charge in [0.05, 0.1) is 23.0 Å². The minimum absolute atomic E-state index is 0.255. The van der Waals surface area contributed by atoms with E-state index in [-0.39, 0.29) is 6.03 Å². The monoisotopic (exact) mass is 361 g/mol. The van der Waals surface area contributed by atoms with Crippen LogP contribution in [0.15, 0.2) is 60.4 Å². The van der Waals surface area contributed by atoms with E-state index in [1.807, 2.05) is 23.6 Å². The molecule has 0 atom stereocenters. The van der Waals surface area contributed by atoms with Crippen LogP contribution in [0.1, 0.15) is 0 Å². The molecule has 0 spiro atoms. The zero-order chi connectivity index (χ0) is 17.5. The van der Waals surface area contributed by atoms with Gasteiger partial charge in [0.1, 0.15) is 16.4 Å². The summed E-state index contributed by atoms with van der Waals surface area (Å²) in [5, 5.41) is 5.70. The summed E-state index contributed by atoms with van der Waals surface area (Å²) in [5.74, 6) is 1.53. The SMILES string of the molecule is O=C1Nc2csc3nccc(c23)N1c1ccc(Oc2ccccn2)cn1. The number of carbonyl (C=O) groups is 1. The van der Waals surface area contributed by atoms with Crippen molar-refractivity contribution in [1.29, 1.82) is 0 Å². The van der Waals surface area contributed by atoms with Crippen molar-refractivity contribution in [3.63, 3.8) is 0 Å². The Morgan fingerprint density at radius 1 is 1.04 bits per heavy atom. The van der Waals surface area contributed by atoms with E-state index in [1.165, 1.54) is 16.2 Å². The molecule has 7 nitrogen and oxygen atoms in total. The second kappa shape index (κ2) is 5.78. The highest BCUT2D eigenvalue weighted by Gasteiger charge is 2.28. The Labute approximate surface area is 151 Å². The molecule has 0 saturated carbocycles. The van der Waals surface area contributed by atoms with Gasteiger partial charge in [-0.1, -0.05) is 6.07 Å². The molecular formula is C18H11N5O2S. The fourth-order valence-electron chi connectivity index (χ4n) is 2.83. The molecule has 5 heterocycles. The van der Waals surface area contributed by atoms with Gasteiger partial charge in [-0.25, -0.2) is 24.6 Å². The predicted molar refractivity (Wildman–Crippen MR) is 99.3 cm³/mol. The molecule has 8 heteroatoms. The number of anilines is 3. The summed E-state index contributed by atoms with van der Waals surface area (Å²) in [4.78, 5) is 27.9. The fraction of sp³-hybridized carbons (Fsp3) is 0. The van der Waals surface area contributed by atoms with Gasteiger partial charge in [-0.15, -0.1) is 11.3 Å². The van der Waals surface area contributed by atoms with Gasteiger partial charge in [-0.3, -0.25) is 0 Å². The number of urea groups is 1. The number of carbonyl (C=O) groups excluding carboxylic acids is 1. The first kappa shape index (κ1) is 14.8. The third-order valence-corrected chi connectivity index (χ3v) is 4.83. The van der Waals surface area contributed by atoms with Crippen molar-refractivity contribution < 1.29 is 9.53 Å². The summed E-state index contributed by atoms with van der Waals surface area (Å²) in [6.07, 6.45) is 4.92. The molecule has 2 amide bonds. The molecule has 4 aromatic rings. The zero-order valence-electron chi connectivity index (χ0n) is 13.3. The molecule has 4 aromatic heterocycles.